The number of anilines is 1. The van der Waals surface area contributed by atoms with Gasteiger partial charge in [0.15, 0.2) is 21.4 Å². The zero-order valence-electron chi connectivity index (χ0n) is 20.6. The minimum absolute atomic E-state index is 0.0274. The minimum atomic E-state index is -3.39. The van der Waals surface area contributed by atoms with Crippen LogP contribution >= 0.6 is 0 Å². The van der Waals surface area contributed by atoms with E-state index in [4.69, 9.17) is 9.47 Å². The van der Waals surface area contributed by atoms with E-state index in [0.717, 1.165) is 0 Å². The molecule has 198 valence electrons. The van der Waals surface area contributed by atoms with E-state index in [1.165, 1.54) is 24.5 Å². The van der Waals surface area contributed by atoms with Gasteiger partial charge < -0.3 is 14.8 Å². The molecule has 1 saturated heterocycles. The van der Waals surface area contributed by atoms with Crippen molar-refractivity contribution in [3.05, 3.63) is 54.0 Å². The van der Waals surface area contributed by atoms with Gasteiger partial charge in [-0.15, -0.1) is 0 Å². The molecule has 5 rings (SSSR count). The van der Waals surface area contributed by atoms with Crippen molar-refractivity contribution in [1.29, 1.82) is 0 Å². The number of allylic oxidation sites excluding steroid dienone is 1. The summed E-state index contributed by atoms with van der Waals surface area (Å²) in [7, 11) is -3.39. The van der Waals surface area contributed by atoms with Crippen LogP contribution in [0.15, 0.2) is 47.6 Å². The van der Waals surface area contributed by atoms with Gasteiger partial charge in [-0.2, -0.15) is 0 Å². The highest BCUT2D eigenvalue weighted by atomic mass is 32.2. The summed E-state index contributed by atoms with van der Waals surface area (Å²) in [6.07, 6.45) is 2.14. The summed E-state index contributed by atoms with van der Waals surface area (Å²) in [6.45, 7) is 3.94. The number of aromatic nitrogens is 2. The van der Waals surface area contributed by atoms with E-state index in [1.807, 2.05) is 0 Å². The van der Waals surface area contributed by atoms with Crippen molar-refractivity contribution < 1.29 is 31.5 Å². The van der Waals surface area contributed by atoms with Crippen molar-refractivity contribution in [2.75, 3.05) is 11.9 Å². The number of hydrogen-bond acceptors (Lipinski definition) is 7. The largest absolute Gasteiger partial charge is 0.347 e. The molecule has 1 aromatic heterocycles. The Morgan fingerprint density at radius 3 is 2.30 bits per heavy atom. The van der Waals surface area contributed by atoms with Gasteiger partial charge in [-0.05, 0) is 63.1 Å². The fourth-order valence-corrected chi connectivity index (χ4v) is 6.28. The summed E-state index contributed by atoms with van der Waals surface area (Å²) in [6, 6.07) is 6.02. The molecule has 0 radical (unpaired) electrons. The van der Waals surface area contributed by atoms with E-state index < -0.39 is 39.8 Å². The molecule has 1 aromatic carbocycles. The molecule has 3 atom stereocenters. The lowest BCUT2D eigenvalue weighted by Crippen LogP contribution is -2.20. The highest BCUT2D eigenvalue weighted by Gasteiger charge is 2.37. The Morgan fingerprint density at radius 1 is 1.08 bits per heavy atom. The molecule has 3 fully saturated rings. The smallest absolute Gasteiger partial charge is 0.257 e. The molecule has 0 bridgehead atoms. The van der Waals surface area contributed by atoms with Crippen molar-refractivity contribution in [3.8, 4) is 0 Å². The van der Waals surface area contributed by atoms with Gasteiger partial charge in [-0.25, -0.2) is 22.2 Å². The van der Waals surface area contributed by atoms with Crippen LogP contribution in [0, 0.1) is 5.92 Å². The normalized spacial score (nSPS) is 27.8. The first-order valence-electron chi connectivity index (χ1n) is 12.3. The summed E-state index contributed by atoms with van der Waals surface area (Å²) < 4.78 is 64.1. The van der Waals surface area contributed by atoms with E-state index in [-0.39, 0.29) is 40.5 Å². The number of amides is 1. The maximum Gasteiger partial charge on any atom is 0.257 e. The first-order valence-corrected chi connectivity index (χ1v) is 13.9. The van der Waals surface area contributed by atoms with Crippen LogP contribution in [0.1, 0.15) is 56.9 Å². The van der Waals surface area contributed by atoms with E-state index >= 15 is 0 Å². The highest BCUT2D eigenvalue weighted by molar-refractivity contribution is 7.92. The molecule has 11 heteroatoms. The van der Waals surface area contributed by atoms with Gasteiger partial charge >= 0.3 is 0 Å². The van der Waals surface area contributed by atoms with Crippen LogP contribution < -0.4 is 5.32 Å². The number of alkyl halides is 2. The zero-order chi connectivity index (χ0) is 26.4. The topological polar surface area (TPSA) is 107 Å². The number of hydrogen-bond donors (Lipinski definition) is 1. The monoisotopic (exact) mass is 533 g/mol. The second kappa shape index (κ2) is 9.85. The molecule has 2 aliphatic carbocycles. The number of benzene rings is 1. The third-order valence-corrected chi connectivity index (χ3v) is 9.08. The second-order valence-electron chi connectivity index (χ2n) is 10.2. The molecule has 8 nitrogen and oxygen atoms in total. The molecule has 2 heterocycles. The number of rotatable bonds is 7. The van der Waals surface area contributed by atoms with Crippen molar-refractivity contribution in [2.45, 2.75) is 73.9 Å². The van der Waals surface area contributed by atoms with Crippen molar-refractivity contribution in [2.24, 2.45) is 5.92 Å². The minimum Gasteiger partial charge on any atom is -0.347 e. The molecule has 0 spiro atoms. The van der Waals surface area contributed by atoms with Crippen molar-refractivity contribution in [1.82, 2.24) is 9.97 Å². The Balaban J connectivity index is 1.36. The quantitative estimate of drug-likeness (QED) is 0.528. The van der Waals surface area contributed by atoms with E-state index in [2.05, 4.69) is 15.3 Å². The Hall–Kier alpha value is -2.76. The fraction of sp³-hybridized carbons (Fsp3) is 0.500. The maximum atomic E-state index is 13.8. The molecular weight excluding hydrogens is 504 g/mol. The first-order chi connectivity index (χ1) is 17.5. The molecule has 1 aliphatic heterocycles. The number of nitrogens with one attached hydrogen (secondary N) is 1. The van der Waals surface area contributed by atoms with Gasteiger partial charge in [0.05, 0.1) is 34.8 Å². The molecule has 2 saturated carbocycles. The van der Waals surface area contributed by atoms with Gasteiger partial charge in [0.2, 0.25) is 0 Å². The van der Waals surface area contributed by atoms with Gasteiger partial charge in [0, 0.05) is 5.57 Å². The number of ether oxygens (including phenoxy) is 2. The highest BCUT2D eigenvalue weighted by Crippen LogP contribution is 2.36. The van der Waals surface area contributed by atoms with Crippen LogP contribution in [0.3, 0.4) is 0 Å². The van der Waals surface area contributed by atoms with E-state index in [1.54, 1.807) is 32.1 Å². The molecule has 3 aliphatic rings. The Bertz CT molecular complexity index is 1280. The standard InChI is InChI=1S/C26H29F2N3O5S/c1-26(2)35-14-23(36-26)22-12-30-24(13-29-22)31-25(32)19(9-15-10-20(27)21(28)11-15)16-3-5-17(6-4-16)37(33,34)18-7-8-18/h3-6,9,12-13,15,18,20-21,23H,7-8,10-11,14H2,1-2H3,(H,30,31,32)/b19-9+/t15?,20?,21?,23-/m0/s1. The number of sulfone groups is 1. The summed E-state index contributed by atoms with van der Waals surface area (Å²) >= 11 is 0. The molecule has 2 aromatic rings. The number of nitrogens with zero attached hydrogens (tertiary/aromatic N) is 2. The number of carbonyl (C=O) groups excluding carboxylic acids is 1. The lowest BCUT2D eigenvalue weighted by atomic mass is 9.98. The third kappa shape index (κ3) is 5.73. The van der Waals surface area contributed by atoms with E-state index in [9.17, 15) is 22.0 Å². The van der Waals surface area contributed by atoms with Crippen LogP contribution in [0.4, 0.5) is 14.6 Å². The number of carbonyl (C=O) groups is 1. The molecular formula is C26H29F2N3O5S. The lowest BCUT2D eigenvalue weighted by molar-refractivity contribution is -0.139. The van der Waals surface area contributed by atoms with Crippen LogP contribution in [0.25, 0.3) is 5.57 Å². The van der Waals surface area contributed by atoms with Crippen LogP contribution in [-0.2, 0) is 24.1 Å². The lowest BCUT2D eigenvalue weighted by Gasteiger charge is -2.16. The van der Waals surface area contributed by atoms with Gasteiger partial charge in [-0.1, -0.05) is 18.2 Å². The number of halogens is 2. The van der Waals surface area contributed by atoms with Crippen LogP contribution in [0.5, 0.6) is 0 Å². The predicted molar refractivity (Wildman–Crippen MR) is 132 cm³/mol. The maximum absolute atomic E-state index is 13.8. The summed E-state index contributed by atoms with van der Waals surface area (Å²) in [5, 5.41) is 2.33. The van der Waals surface area contributed by atoms with Crippen molar-refractivity contribution in [3.63, 3.8) is 0 Å². The summed E-state index contributed by atoms with van der Waals surface area (Å²) in [5.41, 5.74) is 1.18. The molecule has 37 heavy (non-hydrogen) atoms. The summed E-state index contributed by atoms with van der Waals surface area (Å²) in [5.74, 6) is -1.55. The fourth-order valence-electron chi connectivity index (χ4n) is 4.63. The molecule has 2 unspecified atom stereocenters. The van der Waals surface area contributed by atoms with Gasteiger partial charge in [-0.3, -0.25) is 9.78 Å². The third-order valence-electron chi connectivity index (χ3n) is 6.80. The second-order valence-corrected chi connectivity index (χ2v) is 12.4. The molecule has 1 amide bonds. The molecule has 1 N–H and O–H groups in total. The van der Waals surface area contributed by atoms with Crippen molar-refractivity contribution >= 4 is 27.1 Å². The van der Waals surface area contributed by atoms with Crippen LogP contribution in [0.2, 0.25) is 0 Å². The average Bonchev–Trinajstić information content (AvgIpc) is 3.60. The first kappa shape index (κ1) is 25.9. The average molecular weight is 534 g/mol. The van der Waals surface area contributed by atoms with Gasteiger partial charge in [0.25, 0.3) is 5.91 Å². The Kier molecular flexibility index (Phi) is 6.88. The SMILES string of the molecule is CC1(C)OC[C@@H](c2cnc(NC(=O)/C(=C/C3CC(F)C(F)C3)c3ccc(S(=O)(=O)C4CC4)cc3)cn2)O1. The predicted octanol–water partition coefficient (Wildman–Crippen LogP) is 4.35. The van der Waals surface area contributed by atoms with E-state index in [0.29, 0.717) is 30.7 Å². The Labute approximate surface area is 214 Å². The Morgan fingerprint density at radius 2 is 1.76 bits per heavy atom. The van der Waals surface area contributed by atoms with Gasteiger partial charge in [0.1, 0.15) is 18.4 Å². The summed E-state index contributed by atoms with van der Waals surface area (Å²) in [4.78, 5) is 22.1. The zero-order valence-corrected chi connectivity index (χ0v) is 21.4. The van der Waals surface area contributed by atoms with Crippen LogP contribution in [-0.4, -0.2) is 54.3 Å².